The van der Waals surface area contributed by atoms with E-state index in [1.165, 1.54) is 0 Å². The number of H-pyrrole nitrogens is 2. The highest BCUT2D eigenvalue weighted by Gasteiger charge is 2.17. The van der Waals surface area contributed by atoms with Gasteiger partial charge in [-0.2, -0.15) is 6.57 Å². The van der Waals surface area contributed by atoms with Crippen LogP contribution in [-0.2, 0) is 6.54 Å². The molecule has 0 aliphatic heterocycles. The van der Waals surface area contributed by atoms with Gasteiger partial charge in [0.15, 0.2) is 5.52 Å². The van der Waals surface area contributed by atoms with E-state index in [-0.39, 0.29) is 17.7 Å². The third kappa shape index (κ3) is 1.58. The second kappa shape index (κ2) is 4.21. The van der Waals surface area contributed by atoms with Gasteiger partial charge in [0.25, 0.3) is 0 Å². The molecule has 0 unspecified atom stereocenters. The fourth-order valence-corrected chi connectivity index (χ4v) is 1.60. The maximum atomic E-state index is 11.9. The van der Waals surface area contributed by atoms with E-state index in [1.54, 1.807) is 19.1 Å². The third-order valence-corrected chi connectivity index (χ3v) is 2.42. The van der Waals surface area contributed by atoms with E-state index in [4.69, 9.17) is 6.57 Å². The molecule has 2 aromatic rings. The van der Waals surface area contributed by atoms with Crippen molar-refractivity contribution < 1.29 is 0 Å². The van der Waals surface area contributed by atoms with Crippen molar-refractivity contribution in [3.05, 3.63) is 55.0 Å². The van der Waals surface area contributed by atoms with Gasteiger partial charge in [-0.05, 0) is 6.92 Å². The SMILES string of the molecule is [C-]#[N+]n1c(=O)c2[nH]c(=O)[nH]c2n(CC=CC)c1=O. The van der Waals surface area contributed by atoms with E-state index in [0.29, 0.717) is 4.68 Å². The number of allylic oxidation sites excluding steroid dienone is 2. The molecule has 0 saturated carbocycles. The lowest BCUT2D eigenvalue weighted by Crippen LogP contribution is -2.36. The Hall–Kier alpha value is -2.82. The number of hydrogen-bond donors (Lipinski definition) is 2. The van der Waals surface area contributed by atoms with E-state index in [2.05, 4.69) is 14.9 Å². The van der Waals surface area contributed by atoms with Crippen LogP contribution in [0.25, 0.3) is 16.1 Å². The Morgan fingerprint density at radius 3 is 2.67 bits per heavy atom. The molecule has 0 aliphatic carbocycles. The molecule has 92 valence electrons. The summed E-state index contributed by atoms with van der Waals surface area (Å²) in [5.74, 6) is 0. The van der Waals surface area contributed by atoms with Crippen molar-refractivity contribution >= 4 is 11.2 Å². The molecular weight excluding hydrogens is 238 g/mol. The first-order valence-corrected chi connectivity index (χ1v) is 5.07. The Morgan fingerprint density at radius 1 is 1.33 bits per heavy atom. The smallest absolute Gasteiger partial charge is 0.300 e. The van der Waals surface area contributed by atoms with Crippen molar-refractivity contribution in [1.29, 1.82) is 0 Å². The summed E-state index contributed by atoms with van der Waals surface area (Å²) in [5.41, 5.74) is -2.21. The first kappa shape index (κ1) is 11.7. The maximum absolute atomic E-state index is 11.9. The summed E-state index contributed by atoms with van der Waals surface area (Å²) in [6.07, 6.45) is 3.39. The molecule has 0 aromatic carbocycles. The van der Waals surface area contributed by atoms with E-state index in [1.807, 2.05) is 0 Å². The Labute approximate surface area is 99.6 Å². The zero-order valence-electron chi connectivity index (χ0n) is 9.43. The highest BCUT2D eigenvalue weighted by molar-refractivity contribution is 5.68. The second-order valence-electron chi connectivity index (χ2n) is 3.48. The topological polar surface area (TPSA) is 97.0 Å². The molecule has 0 bridgehead atoms. The molecule has 0 radical (unpaired) electrons. The number of rotatable bonds is 2. The van der Waals surface area contributed by atoms with Gasteiger partial charge in [0.05, 0.1) is 4.68 Å². The Balaban J connectivity index is 3.00. The maximum Gasteiger partial charge on any atom is 0.401 e. The molecule has 2 heterocycles. The van der Waals surface area contributed by atoms with Gasteiger partial charge in [0, 0.05) is 6.54 Å². The van der Waals surface area contributed by atoms with Gasteiger partial charge < -0.3 is 0 Å². The number of aromatic amines is 2. The highest BCUT2D eigenvalue weighted by Crippen LogP contribution is 1.99. The van der Waals surface area contributed by atoms with Gasteiger partial charge in [0.2, 0.25) is 0 Å². The van der Waals surface area contributed by atoms with Crippen LogP contribution in [-0.4, -0.2) is 19.2 Å². The average Bonchev–Trinajstić information content (AvgIpc) is 2.72. The summed E-state index contributed by atoms with van der Waals surface area (Å²) in [4.78, 5) is 42.4. The first-order valence-electron chi connectivity index (χ1n) is 5.07. The Kier molecular flexibility index (Phi) is 2.73. The Bertz CT molecular complexity index is 839. The minimum atomic E-state index is -0.833. The van der Waals surface area contributed by atoms with Crippen molar-refractivity contribution in [1.82, 2.24) is 19.2 Å². The number of fused-ring (bicyclic) bond motifs is 1. The van der Waals surface area contributed by atoms with Crippen LogP contribution in [0.1, 0.15) is 6.92 Å². The van der Waals surface area contributed by atoms with Crippen molar-refractivity contribution in [3.63, 3.8) is 0 Å². The van der Waals surface area contributed by atoms with Gasteiger partial charge in [-0.3, -0.25) is 19.3 Å². The van der Waals surface area contributed by atoms with Crippen LogP contribution in [0.4, 0.5) is 0 Å². The number of nitrogens with one attached hydrogen (secondary N) is 2. The standard InChI is InChI=1S/C10H9N5O3/c1-3-4-5-14-7-6(12-9(17)13-7)8(16)15(11-2)10(14)18/h3-4H,5H2,1H3,(H2,12,13,17). The predicted octanol–water partition coefficient (Wildman–Crippen LogP) is -0.562. The normalized spacial score (nSPS) is 11.1. The predicted molar refractivity (Wildman–Crippen MR) is 64.3 cm³/mol. The molecule has 2 aromatic heterocycles. The van der Waals surface area contributed by atoms with Crippen LogP contribution in [0.2, 0.25) is 0 Å². The fraction of sp³-hybridized carbons (Fsp3) is 0.200. The summed E-state index contributed by atoms with van der Waals surface area (Å²) in [6, 6.07) is 0. The average molecular weight is 247 g/mol. The first-order chi connectivity index (χ1) is 8.60. The van der Waals surface area contributed by atoms with Crippen molar-refractivity contribution in [2.45, 2.75) is 13.5 Å². The van der Waals surface area contributed by atoms with Crippen LogP contribution in [0.3, 0.4) is 0 Å². The molecule has 0 spiro atoms. The van der Waals surface area contributed by atoms with Crippen LogP contribution < -0.4 is 16.9 Å². The quantitative estimate of drug-likeness (QED) is 0.549. The zero-order chi connectivity index (χ0) is 13.3. The number of nitrogens with zero attached hydrogens (tertiary/aromatic N) is 3. The summed E-state index contributed by atoms with van der Waals surface area (Å²) in [5, 5.41) is 0. The van der Waals surface area contributed by atoms with Crippen molar-refractivity contribution in [3.8, 4) is 0 Å². The monoisotopic (exact) mass is 247 g/mol. The number of hydrogen-bond acceptors (Lipinski definition) is 3. The van der Waals surface area contributed by atoms with E-state index >= 15 is 0 Å². The Morgan fingerprint density at radius 2 is 2.06 bits per heavy atom. The molecular formula is C10H9N5O3. The number of aromatic nitrogens is 4. The molecule has 8 heteroatoms. The third-order valence-electron chi connectivity index (χ3n) is 2.42. The van der Waals surface area contributed by atoms with Gasteiger partial charge in [-0.1, -0.05) is 12.2 Å². The largest absolute Gasteiger partial charge is 0.401 e. The van der Waals surface area contributed by atoms with Crippen LogP contribution >= 0.6 is 0 Å². The highest BCUT2D eigenvalue weighted by atomic mass is 16.2. The summed E-state index contributed by atoms with van der Waals surface area (Å²) in [6.45, 7) is 8.77. The molecule has 0 aliphatic rings. The lowest BCUT2D eigenvalue weighted by atomic mass is 10.4. The lowest BCUT2D eigenvalue weighted by Gasteiger charge is -2.02. The molecule has 8 nitrogen and oxygen atoms in total. The van der Waals surface area contributed by atoms with E-state index in [0.717, 1.165) is 4.57 Å². The minimum absolute atomic E-state index is 0.0832. The van der Waals surface area contributed by atoms with Crippen LogP contribution in [0, 0.1) is 6.57 Å². The second-order valence-corrected chi connectivity index (χ2v) is 3.48. The molecule has 0 atom stereocenters. The molecule has 2 rings (SSSR count). The van der Waals surface area contributed by atoms with E-state index < -0.39 is 16.9 Å². The van der Waals surface area contributed by atoms with Gasteiger partial charge >= 0.3 is 16.9 Å². The minimum Gasteiger partial charge on any atom is -0.300 e. The van der Waals surface area contributed by atoms with Crippen molar-refractivity contribution in [2.75, 3.05) is 0 Å². The number of imidazole rings is 1. The zero-order valence-corrected chi connectivity index (χ0v) is 9.43. The lowest BCUT2D eigenvalue weighted by molar-refractivity contribution is 0.717. The van der Waals surface area contributed by atoms with Gasteiger partial charge in [-0.15, -0.1) is 4.95 Å². The van der Waals surface area contributed by atoms with Crippen LogP contribution in [0.5, 0.6) is 0 Å². The molecule has 2 N–H and O–H groups in total. The van der Waals surface area contributed by atoms with Gasteiger partial charge in [0.1, 0.15) is 5.65 Å². The molecule has 0 fully saturated rings. The van der Waals surface area contributed by atoms with Gasteiger partial charge in [-0.25, -0.2) is 9.59 Å². The van der Waals surface area contributed by atoms with Crippen molar-refractivity contribution in [2.24, 2.45) is 0 Å². The molecule has 18 heavy (non-hydrogen) atoms. The fourth-order valence-electron chi connectivity index (χ4n) is 1.60. The molecule has 0 amide bonds. The summed E-state index contributed by atoms with van der Waals surface area (Å²) < 4.78 is 1.53. The van der Waals surface area contributed by atoms with E-state index in [9.17, 15) is 14.4 Å². The molecule has 0 saturated heterocycles. The summed E-state index contributed by atoms with van der Waals surface area (Å²) in [7, 11) is 0. The summed E-state index contributed by atoms with van der Waals surface area (Å²) >= 11 is 0. The van der Waals surface area contributed by atoms with Crippen LogP contribution in [0.15, 0.2) is 26.5 Å².